The van der Waals surface area contributed by atoms with Gasteiger partial charge in [-0.25, -0.2) is 0 Å². The molecule has 0 aliphatic rings. The summed E-state index contributed by atoms with van der Waals surface area (Å²) in [6.07, 6.45) is 6.14. The van der Waals surface area contributed by atoms with E-state index < -0.39 is 0 Å². The Labute approximate surface area is 112 Å². The number of benzene rings is 1. The summed E-state index contributed by atoms with van der Waals surface area (Å²) < 4.78 is 0. The molecule has 0 aliphatic heterocycles. The van der Waals surface area contributed by atoms with Crippen LogP contribution >= 0.6 is 0 Å². The Morgan fingerprint density at radius 2 is 1.78 bits per heavy atom. The third-order valence-corrected chi connectivity index (χ3v) is 3.71. The molecule has 1 rings (SSSR count). The van der Waals surface area contributed by atoms with Crippen LogP contribution < -0.4 is 10.6 Å². The topological polar surface area (TPSA) is 29.3 Å². The summed E-state index contributed by atoms with van der Waals surface area (Å²) in [4.78, 5) is 2.33. The minimum atomic E-state index is 0.462. The number of likely N-dealkylation sites (N-methyl/N-ethyl adjacent to an activating group) is 1. The monoisotopic (exact) mass is 248 g/mol. The summed E-state index contributed by atoms with van der Waals surface area (Å²) in [5.74, 6) is 0. The molecule has 0 radical (unpaired) electrons. The van der Waals surface area contributed by atoms with Gasteiger partial charge in [0.15, 0.2) is 0 Å². The molecule has 0 spiro atoms. The molecule has 0 saturated carbocycles. The average Bonchev–Trinajstić information content (AvgIpc) is 2.43. The minimum absolute atomic E-state index is 0.462. The molecule has 2 heteroatoms. The van der Waals surface area contributed by atoms with Gasteiger partial charge in [0.1, 0.15) is 0 Å². The van der Waals surface area contributed by atoms with Gasteiger partial charge in [-0.05, 0) is 30.5 Å². The standard InChI is InChI=1S/C16H28N2/c1-4-6-7-8-16(13-17)18(3)15-11-9-14(5-2)10-12-15/h9-12,16H,4-8,13,17H2,1-3H3. The van der Waals surface area contributed by atoms with E-state index >= 15 is 0 Å². The van der Waals surface area contributed by atoms with Crippen molar-refractivity contribution in [2.45, 2.75) is 52.0 Å². The molecule has 1 aromatic carbocycles. The highest BCUT2D eigenvalue weighted by Gasteiger charge is 2.12. The Morgan fingerprint density at radius 3 is 2.28 bits per heavy atom. The first kappa shape index (κ1) is 15.0. The predicted molar refractivity (Wildman–Crippen MR) is 81.2 cm³/mol. The van der Waals surface area contributed by atoms with Crippen molar-refractivity contribution in [1.29, 1.82) is 0 Å². The molecule has 1 aromatic rings. The first-order valence-electron chi connectivity index (χ1n) is 7.24. The van der Waals surface area contributed by atoms with Gasteiger partial charge < -0.3 is 10.6 Å². The van der Waals surface area contributed by atoms with E-state index in [4.69, 9.17) is 5.73 Å². The third kappa shape index (κ3) is 4.34. The third-order valence-electron chi connectivity index (χ3n) is 3.71. The van der Waals surface area contributed by atoms with Gasteiger partial charge in [-0.2, -0.15) is 0 Å². The van der Waals surface area contributed by atoms with Crippen LogP contribution in [0.2, 0.25) is 0 Å². The largest absolute Gasteiger partial charge is 0.370 e. The molecule has 0 saturated heterocycles. The minimum Gasteiger partial charge on any atom is -0.370 e. The molecule has 102 valence electrons. The summed E-state index contributed by atoms with van der Waals surface area (Å²) in [6.45, 7) is 5.16. The Balaban J connectivity index is 2.60. The van der Waals surface area contributed by atoms with Crippen LogP contribution in [-0.4, -0.2) is 19.6 Å². The summed E-state index contributed by atoms with van der Waals surface area (Å²) >= 11 is 0. The van der Waals surface area contributed by atoms with E-state index in [-0.39, 0.29) is 0 Å². The maximum atomic E-state index is 5.91. The molecular weight excluding hydrogens is 220 g/mol. The van der Waals surface area contributed by atoms with Gasteiger partial charge in [0.05, 0.1) is 0 Å². The van der Waals surface area contributed by atoms with Crippen molar-refractivity contribution in [3.63, 3.8) is 0 Å². The summed E-state index contributed by atoms with van der Waals surface area (Å²) in [5.41, 5.74) is 8.58. The number of rotatable bonds is 8. The Bertz CT molecular complexity index is 318. The van der Waals surface area contributed by atoms with Crippen LogP contribution in [0.5, 0.6) is 0 Å². The molecule has 2 nitrogen and oxygen atoms in total. The second-order valence-corrected chi connectivity index (χ2v) is 5.02. The highest BCUT2D eigenvalue weighted by Crippen LogP contribution is 2.19. The number of hydrogen-bond donors (Lipinski definition) is 1. The van der Waals surface area contributed by atoms with E-state index in [1.54, 1.807) is 0 Å². The van der Waals surface area contributed by atoms with E-state index in [2.05, 4.69) is 50.1 Å². The predicted octanol–water partition coefficient (Wildman–Crippen LogP) is 3.59. The number of unbranched alkanes of at least 4 members (excludes halogenated alkanes) is 2. The van der Waals surface area contributed by atoms with Crippen LogP contribution in [-0.2, 0) is 6.42 Å². The van der Waals surface area contributed by atoms with Crippen LogP contribution in [0.25, 0.3) is 0 Å². The Kier molecular flexibility index (Phi) is 6.81. The fraction of sp³-hybridized carbons (Fsp3) is 0.625. The molecule has 0 heterocycles. The van der Waals surface area contributed by atoms with Crippen LogP contribution in [0.3, 0.4) is 0 Å². The lowest BCUT2D eigenvalue weighted by molar-refractivity contribution is 0.544. The van der Waals surface area contributed by atoms with Crippen molar-refractivity contribution in [2.24, 2.45) is 5.73 Å². The second kappa shape index (κ2) is 8.15. The molecule has 1 unspecified atom stereocenters. The van der Waals surface area contributed by atoms with Gasteiger partial charge in [-0.1, -0.05) is 45.2 Å². The Hall–Kier alpha value is -1.02. The van der Waals surface area contributed by atoms with E-state index in [9.17, 15) is 0 Å². The van der Waals surface area contributed by atoms with E-state index in [1.807, 2.05) is 0 Å². The van der Waals surface area contributed by atoms with E-state index in [0.29, 0.717) is 6.04 Å². The lowest BCUT2D eigenvalue weighted by Crippen LogP contribution is -2.37. The second-order valence-electron chi connectivity index (χ2n) is 5.02. The van der Waals surface area contributed by atoms with Gasteiger partial charge in [-0.3, -0.25) is 0 Å². The van der Waals surface area contributed by atoms with Gasteiger partial charge in [-0.15, -0.1) is 0 Å². The number of anilines is 1. The maximum Gasteiger partial charge on any atom is 0.0409 e. The highest BCUT2D eigenvalue weighted by molar-refractivity contribution is 5.47. The number of aryl methyl sites for hydroxylation is 1. The van der Waals surface area contributed by atoms with Crippen LogP contribution in [0.1, 0.15) is 45.1 Å². The molecule has 0 amide bonds. The summed E-state index contributed by atoms with van der Waals surface area (Å²) in [5, 5.41) is 0. The maximum absolute atomic E-state index is 5.91. The van der Waals surface area contributed by atoms with Crippen molar-refractivity contribution in [2.75, 3.05) is 18.5 Å². The van der Waals surface area contributed by atoms with Crippen molar-refractivity contribution < 1.29 is 0 Å². The van der Waals surface area contributed by atoms with Crippen LogP contribution in [0.15, 0.2) is 24.3 Å². The smallest absolute Gasteiger partial charge is 0.0409 e. The molecule has 0 bridgehead atoms. The zero-order valence-corrected chi connectivity index (χ0v) is 12.2. The van der Waals surface area contributed by atoms with Crippen molar-refractivity contribution in [1.82, 2.24) is 0 Å². The fourth-order valence-electron chi connectivity index (χ4n) is 2.28. The fourth-order valence-corrected chi connectivity index (χ4v) is 2.28. The quantitative estimate of drug-likeness (QED) is 0.712. The zero-order valence-electron chi connectivity index (χ0n) is 12.2. The number of hydrogen-bond acceptors (Lipinski definition) is 2. The average molecular weight is 248 g/mol. The summed E-state index contributed by atoms with van der Waals surface area (Å²) in [7, 11) is 2.16. The normalized spacial score (nSPS) is 12.4. The SMILES string of the molecule is CCCCCC(CN)N(C)c1ccc(CC)cc1. The summed E-state index contributed by atoms with van der Waals surface area (Å²) in [6, 6.07) is 9.31. The van der Waals surface area contributed by atoms with Crippen LogP contribution in [0.4, 0.5) is 5.69 Å². The number of nitrogens with zero attached hydrogens (tertiary/aromatic N) is 1. The molecule has 2 N–H and O–H groups in total. The molecular formula is C16H28N2. The lowest BCUT2D eigenvalue weighted by atomic mass is 10.1. The van der Waals surface area contributed by atoms with Gasteiger partial charge in [0.25, 0.3) is 0 Å². The highest BCUT2D eigenvalue weighted by atomic mass is 15.1. The van der Waals surface area contributed by atoms with Gasteiger partial charge in [0.2, 0.25) is 0 Å². The van der Waals surface area contributed by atoms with E-state index in [0.717, 1.165) is 13.0 Å². The van der Waals surface area contributed by atoms with Crippen molar-refractivity contribution >= 4 is 5.69 Å². The number of nitrogens with two attached hydrogens (primary N) is 1. The molecule has 0 aliphatic carbocycles. The zero-order chi connectivity index (χ0) is 13.4. The van der Waals surface area contributed by atoms with E-state index in [1.165, 1.54) is 36.9 Å². The van der Waals surface area contributed by atoms with Gasteiger partial charge in [0, 0.05) is 25.3 Å². The van der Waals surface area contributed by atoms with Gasteiger partial charge >= 0.3 is 0 Å². The van der Waals surface area contributed by atoms with Crippen molar-refractivity contribution in [3.8, 4) is 0 Å². The molecule has 1 atom stereocenters. The Morgan fingerprint density at radius 1 is 1.11 bits per heavy atom. The molecule has 0 aromatic heterocycles. The molecule has 18 heavy (non-hydrogen) atoms. The van der Waals surface area contributed by atoms with Crippen molar-refractivity contribution in [3.05, 3.63) is 29.8 Å². The molecule has 0 fully saturated rings. The first-order valence-corrected chi connectivity index (χ1v) is 7.24. The lowest BCUT2D eigenvalue weighted by Gasteiger charge is -2.29. The van der Waals surface area contributed by atoms with Crippen LogP contribution in [0, 0.1) is 0 Å². The first-order chi connectivity index (χ1) is 8.72.